The molecule has 1 saturated heterocycles. The number of nitrogens with one attached hydrogen (secondary N) is 1. The standard InChI is InChI=1S/C31H27BrClN5O/c32-26-20-35-38-29(18-28(36-30(26)38)25-8-4-5-9-27(25)33)34-19-21-14-16-37(17-15-21)31(39)24-12-10-23(11-13-24)22-6-2-1-3-7-22/h1-13,18,20-21,34H,14-17,19H2. The van der Waals surface area contributed by atoms with Crippen LogP contribution < -0.4 is 5.32 Å². The summed E-state index contributed by atoms with van der Waals surface area (Å²) >= 11 is 10.0. The quantitative estimate of drug-likeness (QED) is 0.220. The summed E-state index contributed by atoms with van der Waals surface area (Å²) in [5.74, 6) is 1.40. The van der Waals surface area contributed by atoms with Crippen LogP contribution in [0.4, 0.5) is 5.82 Å². The van der Waals surface area contributed by atoms with Gasteiger partial charge in [0.25, 0.3) is 5.91 Å². The minimum atomic E-state index is 0.0997. The predicted molar refractivity (Wildman–Crippen MR) is 160 cm³/mol. The molecule has 1 fully saturated rings. The first-order valence-electron chi connectivity index (χ1n) is 13.0. The Morgan fingerprint density at radius 3 is 2.38 bits per heavy atom. The first-order chi connectivity index (χ1) is 19.1. The summed E-state index contributed by atoms with van der Waals surface area (Å²) in [7, 11) is 0. The summed E-state index contributed by atoms with van der Waals surface area (Å²) in [4.78, 5) is 19.9. The summed E-state index contributed by atoms with van der Waals surface area (Å²) in [6.07, 6.45) is 3.63. The predicted octanol–water partition coefficient (Wildman–Crippen LogP) is 7.44. The number of amides is 1. The van der Waals surface area contributed by atoms with Gasteiger partial charge in [-0.3, -0.25) is 4.79 Å². The molecule has 196 valence electrons. The molecule has 0 unspecified atom stereocenters. The maximum absolute atomic E-state index is 13.2. The average molecular weight is 601 g/mol. The Morgan fingerprint density at radius 1 is 0.949 bits per heavy atom. The second kappa shape index (κ2) is 11.2. The normalized spacial score (nSPS) is 14.1. The Bertz CT molecular complexity index is 1610. The topological polar surface area (TPSA) is 62.5 Å². The van der Waals surface area contributed by atoms with E-state index >= 15 is 0 Å². The Labute approximate surface area is 240 Å². The number of carbonyl (C=O) groups excluding carboxylic acids is 1. The van der Waals surface area contributed by atoms with Gasteiger partial charge >= 0.3 is 0 Å². The third kappa shape index (κ3) is 5.42. The van der Waals surface area contributed by atoms with E-state index in [0.717, 1.165) is 76.4 Å². The molecule has 3 heterocycles. The van der Waals surface area contributed by atoms with Crippen molar-refractivity contribution in [2.75, 3.05) is 25.0 Å². The molecule has 0 atom stereocenters. The van der Waals surface area contributed by atoms with E-state index < -0.39 is 0 Å². The van der Waals surface area contributed by atoms with Crippen LogP contribution in [0.3, 0.4) is 0 Å². The first-order valence-corrected chi connectivity index (χ1v) is 14.2. The van der Waals surface area contributed by atoms with Crippen molar-refractivity contribution in [1.29, 1.82) is 0 Å². The van der Waals surface area contributed by atoms with E-state index in [2.05, 4.69) is 38.5 Å². The number of aromatic nitrogens is 3. The van der Waals surface area contributed by atoms with Gasteiger partial charge in [-0.1, -0.05) is 72.3 Å². The zero-order chi connectivity index (χ0) is 26.8. The fraction of sp³-hybridized carbons (Fsp3) is 0.194. The second-order valence-corrected chi connectivity index (χ2v) is 11.1. The highest BCUT2D eigenvalue weighted by Gasteiger charge is 2.24. The van der Waals surface area contributed by atoms with Crippen molar-refractivity contribution in [3.05, 3.63) is 106 Å². The summed E-state index contributed by atoms with van der Waals surface area (Å²) in [6.45, 7) is 2.28. The fourth-order valence-corrected chi connectivity index (χ4v) is 5.66. The van der Waals surface area contributed by atoms with Gasteiger partial charge in [-0.25, -0.2) is 4.98 Å². The molecule has 1 N–H and O–H groups in total. The first kappa shape index (κ1) is 25.6. The summed E-state index contributed by atoms with van der Waals surface area (Å²) in [6, 6.07) is 27.8. The second-order valence-electron chi connectivity index (χ2n) is 9.79. The molecule has 0 saturated carbocycles. The number of piperidine rings is 1. The van der Waals surface area contributed by atoms with E-state index in [9.17, 15) is 4.79 Å². The molecule has 0 bridgehead atoms. The van der Waals surface area contributed by atoms with Crippen LogP contribution in [-0.2, 0) is 0 Å². The molecule has 0 radical (unpaired) electrons. The van der Waals surface area contributed by atoms with Gasteiger partial charge in [0.15, 0.2) is 5.65 Å². The maximum atomic E-state index is 13.2. The third-order valence-corrected chi connectivity index (χ3v) is 8.18. The largest absolute Gasteiger partial charge is 0.370 e. The van der Waals surface area contributed by atoms with E-state index in [4.69, 9.17) is 16.6 Å². The molecule has 1 aliphatic rings. The van der Waals surface area contributed by atoms with Gasteiger partial charge in [0.1, 0.15) is 5.82 Å². The highest BCUT2D eigenvalue weighted by Crippen LogP contribution is 2.31. The van der Waals surface area contributed by atoms with Crippen LogP contribution in [0.5, 0.6) is 0 Å². The molecule has 1 amide bonds. The zero-order valence-corrected chi connectivity index (χ0v) is 23.6. The Hall–Kier alpha value is -3.68. The monoisotopic (exact) mass is 599 g/mol. The molecular weight excluding hydrogens is 574 g/mol. The van der Waals surface area contributed by atoms with Crippen LogP contribution in [0.1, 0.15) is 23.2 Å². The van der Waals surface area contributed by atoms with Gasteiger partial charge in [0.05, 0.1) is 16.4 Å². The van der Waals surface area contributed by atoms with E-state index in [0.29, 0.717) is 10.9 Å². The lowest BCUT2D eigenvalue weighted by Crippen LogP contribution is -2.40. The van der Waals surface area contributed by atoms with Crippen LogP contribution in [0.15, 0.2) is 95.6 Å². The Kier molecular flexibility index (Phi) is 7.35. The number of nitrogens with zero attached hydrogens (tertiary/aromatic N) is 4. The lowest BCUT2D eigenvalue weighted by atomic mass is 9.96. The maximum Gasteiger partial charge on any atom is 0.253 e. The van der Waals surface area contributed by atoms with Crippen molar-refractivity contribution in [2.45, 2.75) is 12.8 Å². The van der Waals surface area contributed by atoms with Crippen LogP contribution >= 0.6 is 27.5 Å². The lowest BCUT2D eigenvalue weighted by Gasteiger charge is -2.32. The molecular formula is C31H27BrClN5O. The number of anilines is 1. The Balaban J connectivity index is 1.10. The Morgan fingerprint density at radius 2 is 1.64 bits per heavy atom. The highest BCUT2D eigenvalue weighted by molar-refractivity contribution is 9.10. The van der Waals surface area contributed by atoms with Gasteiger partial charge in [-0.05, 0) is 64.0 Å². The van der Waals surface area contributed by atoms with Crippen LogP contribution in [0.25, 0.3) is 28.0 Å². The molecule has 6 nitrogen and oxygen atoms in total. The average Bonchev–Trinajstić information content (AvgIpc) is 3.37. The van der Waals surface area contributed by atoms with Gasteiger partial charge in [-0.2, -0.15) is 9.61 Å². The number of likely N-dealkylation sites (tertiary alicyclic amines) is 1. The number of halogens is 2. The lowest BCUT2D eigenvalue weighted by molar-refractivity contribution is 0.0695. The number of hydrogen-bond donors (Lipinski definition) is 1. The number of rotatable bonds is 6. The zero-order valence-electron chi connectivity index (χ0n) is 21.2. The van der Waals surface area contributed by atoms with Crippen molar-refractivity contribution in [3.8, 4) is 22.4 Å². The molecule has 1 aliphatic heterocycles. The minimum Gasteiger partial charge on any atom is -0.370 e. The van der Waals surface area contributed by atoms with E-state index in [1.165, 1.54) is 0 Å². The molecule has 6 rings (SSSR count). The van der Waals surface area contributed by atoms with E-state index in [1.807, 2.05) is 82.2 Å². The fourth-order valence-electron chi connectivity index (χ4n) is 5.08. The molecule has 5 aromatic rings. The molecule has 39 heavy (non-hydrogen) atoms. The smallest absolute Gasteiger partial charge is 0.253 e. The minimum absolute atomic E-state index is 0.0997. The highest BCUT2D eigenvalue weighted by atomic mass is 79.9. The number of hydrogen-bond acceptors (Lipinski definition) is 4. The summed E-state index contributed by atoms with van der Waals surface area (Å²) in [5, 5.41) is 8.74. The summed E-state index contributed by atoms with van der Waals surface area (Å²) in [5.41, 5.74) is 5.40. The summed E-state index contributed by atoms with van der Waals surface area (Å²) < 4.78 is 2.63. The van der Waals surface area contributed by atoms with Gasteiger partial charge in [0.2, 0.25) is 0 Å². The molecule has 3 aromatic carbocycles. The van der Waals surface area contributed by atoms with Crippen molar-refractivity contribution in [2.24, 2.45) is 5.92 Å². The third-order valence-electron chi connectivity index (χ3n) is 7.29. The van der Waals surface area contributed by atoms with E-state index in [1.54, 1.807) is 6.20 Å². The molecule has 2 aromatic heterocycles. The SMILES string of the molecule is O=C(c1ccc(-c2ccccc2)cc1)N1CCC(CNc2cc(-c3ccccc3Cl)nc3c(Br)cnn23)CC1. The molecule has 0 spiro atoms. The van der Waals surface area contributed by atoms with Crippen LogP contribution in [0, 0.1) is 5.92 Å². The van der Waals surface area contributed by atoms with Crippen molar-refractivity contribution in [3.63, 3.8) is 0 Å². The van der Waals surface area contributed by atoms with Gasteiger partial charge < -0.3 is 10.2 Å². The van der Waals surface area contributed by atoms with Crippen molar-refractivity contribution >= 4 is 44.9 Å². The number of carbonyl (C=O) groups is 1. The van der Waals surface area contributed by atoms with Crippen molar-refractivity contribution in [1.82, 2.24) is 19.5 Å². The van der Waals surface area contributed by atoms with Crippen LogP contribution in [0.2, 0.25) is 5.02 Å². The number of fused-ring (bicyclic) bond motifs is 1. The van der Waals surface area contributed by atoms with Gasteiger partial charge in [0, 0.05) is 41.9 Å². The van der Waals surface area contributed by atoms with Gasteiger partial charge in [-0.15, -0.1) is 0 Å². The van der Waals surface area contributed by atoms with Crippen LogP contribution in [-0.4, -0.2) is 45.0 Å². The van der Waals surface area contributed by atoms with Crippen molar-refractivity contribution < 1.29 is 4.79 Å². The van der Waals surface area contributed by atoms with E-state index in [-0.39, 0.29) is 5.91 Å². The molecule has 8 heteroatoms. The number of benzene rings is 3. The molecule has 0 aliphatic carbocycles.